The van der Waals surface area contributed by atoms with E-state index in [1.165, 1.54) is 24.5 Å². The third-order valence-electron chi connectivity index (χ3n) is 8.41. The summed E-state index contributed by atoms with van der Waals surface area (Å²) in [7, 11) is 2.25. The van der Waals surface area contributed by atoms with Crippen LogP contribution in [0.5, 0.6) is 0 Å². The molecule has 2 bridgehead atoms. The summed E-state index contributed by atoms with van der Waals surface area (Å²) in [5.74, 6) is 1.32. The van der Waals surface area contributed by atoms with Crippen LogP contribution in [0.3, 0.4) is 0 Å². The summed E-state index contributed by atoms with van der Waals surface area (Å²) in [6, 6.07) is 10.1. The molecule has 0 aliphatic carbocycles. The number of hydrogen-bond donors (Lipinski definition) is 1. The van der Waals surface area contributed by atoms with E-state index in [0.717, 1.165) is 25.5 Å². The molecule has 2 saturated heterocycles. The van der Waals surface area contributed by atoms with Crippen molar-refractivity contribution in [2.75, 3.05) is 32.1 Å². The number of halogens is 2. The number of hydrogen-bond acceptors (Lipinski definition) is 7. The minimum atomic E-state index is -0.492. The smallest absolute Gasteiger partial charge is 0.228 e. The van der Waals surface area contributed by atoms with Crippen LogP contribution in [0.15, 0.2) is 42.7 Å². The molecular weight excluding hydrogens is 486 g/mol. The lowest BCUT2D eigenvalue weighted by molar-refractivity contribution is 0.0837. The molecule has 3 aliphatic heterocycles. The number of rotatable bonds is 6. The molecule has 0 amide bonds. The van der Waals surface area contributed by atoms with Crippen LogP contribution in [0.2, 0.25) is 0 Å². The minimum Gasteiger partial charge on any atom is -0.322 e. The van der Waals surface area contributed by atoms with Gasteiger partial charge < -0.3 is 9.88 Å². The number of likely N-dealkylation sites (N-methyl/N-ethyl adjacent to an activating group) is 1. The molecule has 2 fully saturated rings. The quantitative estimate of drug-likeness (QED) is 0.404. The van der Waals surface area contributed by atoms with Gasteiger partial charge in [0.05, 0.1) is 17.3 Å². The van der Waals surface area contributed by atoms with E-state index in [2.05, 4.69) is 48.2 Å². The number of alkyl halides is 1. The number of imidazole rings is 1. The zero-order valence-electron chi connectivity index (χ0n) is 21.3. The Morgan fingerprint density at radius 3 is 2.63 bits per heavy atom. The van der Waals surface area contributed by atoms with E-state index in [1.807, 2.05) is 22.9 Å². The highest BCUT2D eigenvalue weighted by molar-refractivity contribution is 5.83. The Hall–Kier alpha value is -3.50. The van der Waals surface area contributed by atoms with Gasteiger partial charge in [-0.2, -0.15) is 0 Å². The van der Waals surface area contributed by atoms with Crippen LogP contribution in [-0.2, 0) is 13.0 Å². The van der Waals surface area contributed by atoms with Crippen LogP contribution >= 0.6 is 0 Å². The summed E-state index contributed by atoms with van der Waals surface area (Å²) in [5.41, 5.74) is 3.22. The Balaban J connectivity index is 1.08. The first kappa shape index (κ1) is 23.6. The molecule has 196 valence electrons. The molecule has 6 heterocycles. The molecule has 0 radical (unpaired) electrons. The molecule has 0 saturated carbocycles. The Morgan fingerprint density at radius 1 is 1.03 bits per heavy atom. The van der Waals surface area contributed by atoms with Gasteiger partial charge in [-0.1, -0.05) is 6.07 Å². The molecule has 3 aliphatic rings. The number of nitrogens with one attached hydrogen (secondary N) is 1. The predicted molar refractivity (Wildman–Crippen MR) is 141 cm³/mol. The molecular formula is C28H30F2N8. The number of aryl methyl sites for hydroxylation is 1. The van der Waals surface area contributed by atoms with Crippen molar-refractivity contribution in [3.63, 3.8) is 0 Å². The summed E-state index contributed by atoms with van der Waals surface area (Å²) in [6.07, 6.45) is 7.46. The summed E-state index contributed by atoms with van der Waals surface area (Å²) < 4.78 is 30.4. The van der Waals surface area contributed by atoms with Crippen molar-refractivity contribution >= 4 is 22.8 Å². The fourth-order valence-electron chi connectivity index (χ4n) is 6.38. The van der Waals surface area contributed by atoms with Crippen molar-refractivity contribution in [3.05, 3.63) is 59.9 Å². The Morgan fingerprint density at radius 2 is 1.87 bits per heavy atom. The van der Waals surface area contributed by atoms with Crippen molar-refractivity contribution in [1.29, 1.82) is 0 Å². The monoisotopic (exact) mass is 516 g/mol. The SMILES string of the molecule is CN1C2CCC1CN(Cc1ccc(Nc3nccc(-c4cc(F)c5nc6n(c5c4)[C@H](CF)CC6)n3)nc1)C2. The van der Waals surface area contributed by atoms with Crippen molar-refractivity contribution < 1.29 is 8.78 Å². The molecule has 4 aromatic rings. The minimum absolute atomic E-state index is 0.280. The molecule has 3 atom stereocenters. The van der Waals surface area contributed by atoms with Gasteiger partial charge in [0.2, 0.25) is 5.95 Å². The Labute approximate surface area is 219 Å². The molecule has 0 spiro atoms. The zero-order valence-corrected chi connectivity index (χ0v) is 21.3. The van der Waals surface area contributed by atoms with Crippen LogP contribution in [0.1, 0.15) is 36.7 Å². The highest BCUT2D eigenvalue weighted by Crippen LogP contribution is 2.35. The number of aromatic nitrogens is 5. The number of pyridine rings is 1. The molecule has 7 rings (SSSR count). The highest BCUT2D eigenvalue weighted by atomic mass is 19.1. The highest BCUT2D eigenvalue weighted by Gasteiger charge is 2.37. The standard InChI is InChI=1S/C28H30F2N8/c1-36-20-3-4-21(36)16-37(15-20)14-17-2-6-25(32-13-17)34-28-31-9-8-23(33-28)18-10-22(30)27-24(11-18)38-19(12-29)5-7-26(38)35-27/h2,6,8-11,13,19-21H,3-5,7,12,14-16H2,1H3,(H,31,32,33,34)/t19-,20?,21?/m0/s1. The van der Waals surface area contributed by atoms with Gasteiger partial charge in [0.25, 0.3) is 0 Å². The molecule has 8 nitrogen and oxygen atoms in total. The predicted octanol–water partition coefficient (Wildman–Crippen LogP) is 4.51. The molecule has 1 N–H and O–H groups in total. The van der Waals surface area contributed by atoms with Crippen LogP contribution in [0, 0.1) is 5.82 Å². The first-order valence-corrected chi connectivity index (χ1v) is 13.3. The molecule has 2 unspecified atom stereocenters. The topological polar surface area (TPSA) is 75.0 Å². The number of anilines is 2. The van der Waals surface area contributed by atoms with Gasteiger partial charge in [0.1, 0.15) is 23.8 Å². The van der Waals surface area contributed by atoms with E-state index in [1.54, 1.807) is 12.3 Å². The van der Waals surface area contributed by atoms with E-state index < -0.39 is 12.5 Å². The fraction of sp³-hybridized carbons (Fsp3) is 0.429. The molecule has 10 heteroatoms. The van der Waals surface area contributed by atoms with Gasteiger partial charge in [-0.25, -0.2) is 28.7 Å². The lowest BCUT2D eigenvalue weighted by Gasteiger charge is -2.38. The largest absolute Gasteiger partial charge is 0.322 e. The van der Waals surface area contributed by atoms with E-state index in [0.29, 0.717) is 53.5 Å². The average molecular weight is 517 g/mol. The summed E-state index contributed by atoms with van der Waals surface area (Å²) in [4.78, 5) is 23.0. The van der Waals surface area contributed by atoms with E-state index in [4.69, 9.17) is 0 Å². The lowest BCUT2D eigenvalue weighted by Crippen LogP contribution is -2.51. The number of fused-ring (bicyclic) bond motifs is 5. The van der Waals surface area contributed by atoms with Crippen molar-refractivity contribution in [1.82, 2.24) is 34.3 Å². The van der Waals surface area contributed by atoms with Gasteiger partial charge >= 0.3 is 0 Å². The Kier molecular flexibility index (Phi) is 5.81. The summed E-state index contributed by atoms with van der Waals surface area (Å²) >= 11 is 0. The fourth-order valence-corrected chi connectivity index (χ4v) is 6.38. The second-order valence-corrected chi connectivity index (χ2v) is 10.8. The van der Waals surface area contributed by atoms with Crippen molar-refractivity contribution in [2.24, 2.45) is 0 Å². The van der Waals surface area contributed by atoms with E-state index in [-0.39, 0.29) is 11.6 Å². The van der Waals surface area contributed by atoms with Gasteiger partial charge in [-0.05, 0) is 56.1 Å². The number of benzene rings is 1. The maximum Gasteiger partial charge on any atom is 0.228 e. The van der Waals surface area contributed by atoms with Crippen molar-refractivity contribution in [2.45, 2.75) is 50.4 Å². The second kappa shape index (κ2) is 9.36. The normalized spacial score (nSPS) is 23.3. The van der Waals surface area contributed by atoms with E-state index >= 15 is 0 Å². The molecule has 1 aromatic carbocycles. The van der Waals surface area contributed by atoms with E-state index in [9.17, 15) is 8.78 Å². The van der Waals surface area contributed by atoms with Crippen molar-refractivity contribution in [3.8, 4) is 11.3 Å². The third kappa shape index (κ3) is 4.12. The van der Waals surface area contributed by atoms with Crippen LogP contribution in [0.4, 0.5) is 20.5 Å². The van der Waals surface area contributed by atoms with Crippen LogP contribution in [-0.4, -0.2) is 73.2 Å². The molecule has 38 heavy (non-hydrogen) atoms. The number of piperazine rings is 1. The lowest BCUT2D eigenvalue weighted by atomic mass is 10.1. The zero-order chi connectivity index (χ0) is 25.8. The van der Waals surface area contributed by atoms with Gasteiger partial charge in [0.15, 0.2) is 5.82 Å². The maximum atomic E-state index is 15.0. The molecule has 3 aromatic heterocycles. The van der Waals surface area contributed by atoms with Crippen LogP contribution in [0.25, 0.3) is 22.3 Å². The first-order valence-electron chi connectivity index (χ1n) is 13.3. The second-order valence-electron chi connectivity index (χ2n) is 10.8. The number of nitrogens with zero attached hydrogens (tertiary/aromatic N) is 7. The Bertz CT molecular complexity index is 1470. The van der Waals surface area contributed by atoms with Gasteiger partial charge in [-0.15, -0.1) is 0 Å². The first-order chi connectivity index (χ1) is 18.6. The third-order valence-corrected chi connectivity index (χ3v) is 8.41. The summed E-state index contributed by atoms with van der Waals surface area (Å²) in [6.45, 7) is 2.62. The van der Waals surface area contributed by atoms with Gasteiger partial charge in [0, 0.05) is 56.1 Å². The average Bonchev–Trinajstić information content (AvgIpc) is 3.55. The number of likely N-dealkylation sites (tertiary alicyclic amines) is 1. The summed E-state index contributed by atoms with van der Waals surface area (Å²) in [5, 5.41) is 3.16. The maximum absolute atomic E-state index is 15.0. The van der Waals surface area contributed by atoms with Gasteiger partial charge in [-0.3, -0.25) is 9.80 Å². The van der Waals surface area contributed by atoms with Crippen LogP contribution < -0.4 is 5.32 Å².